The Bertz CT molecular complexity index is 1140. The Hall–Kier alpha value is -2.84. The van der Waals surface area contributed by atoms with E-state index in [1.165, 1.54) is 6.20 Å². The number of carbonyl (C=O) groups is 1. The fraction of sp³-hybridized carbons (Fsp3) is 0.462. The summed E-state index contributed by atoms with van der Waals surface area (Å²) in [5.74, 6) is 0.640. The molecule has 0 spiro atoms. The van der Waals surface area contributed by atoms with Gasteiger partial charge in [-0.25, -0.2) is 4.98 Å². The highest BCUT2D eigenvalue weighted by Crippen LogP contribution is 2.38. The first-order valence-electron chi connectivity index (χ1n) is 11.8. The van der Waals surface area contributed by atoms with Gasteiger partial charge in [0.15, 0.2) is 0 Å². The van der Waals surface area contributed by atoms with Gasteiger partial charge in [-0.05, 0) is 56.6 Å². The first-order valence-corrected chi connectivity index (χ1v) is 12.5. The zero-order valence-electron chi connectivity index (χ0n) is 19.5. The molecule has 182 valence electrons. The van der Waals surface area contributed by atoms with E-state index in [-0.39, 0.29) is 29.8 Å². The summed E-state index contributed by atoms with van der Waals surface area (Å²) in [7, 11) is 0. The first-order chi connectivity index (χ1) is 16.9. The number of nitriles is 2. The van der Waals surface area contributed by atoms with E-state index in [1.807, 2.05) is 24.0 Å². The Kier molecular flexibility index (Phi) is 8.13. The third kappa shape index (κ3) is 6.05. The van der Waals surface area contributed by atoms with Gasteiger partial charge in [0.2, 0.25) is 11.8 Å². The maximum atomic E-state index is 13.2. The summed E-state index contributed by atoms with van der Waals surface area (Å²) in [5.41, 5.74) is 1.48. The van der Waals surface area contributed by atoms with Crippen LogP contribution in [0, 0.1) is 34.5 Å². The topological polar surface area (TPSA) is 93.2 Å². The molecule has 3 atom stereocenters. The van der Waals surface area contributed by atoms with Gasteiger partial charge < -0.3 is 9.64 Å². The maximum absolute atomic E-state index is 13.2. The van der Waals surface area contributed by atoms with E-state index in [4.69, 9.17) is 38.5 Å². The van der Waals surface area contributed by atoms with E-state index in [0.29, 0.717) is 41.1 Å². The van der Waals surface area contributed by atoms with Crippen molar-refractivity contribution < 1.29 is 9.53 Å². The number of hydrogen-bond donors (Lipinski definition) is 0. The number of ether oxygens (including phenoxy) is 1. The summed E-state index contributed by atoms with van der Waals surface area (Å²) in [6.45, 7) is 4.98. The molecule has 9 heteroatoms. The van der Waals surface area contributed by atoms with Crippen molar-refractivity contribution in [2.24, 2.45) is 11.8 Å². The van der Waals surface area contributed by atoms with Crippen molar-refractivity contribution >= 4 is 29.1 Å². The number of nitrogens with zero attached hydrogens (tertiary/aromatic N) is 5. The van der Waals surface area contributed by atoms with Crippen LogP contribution in [0.3, 0.4) is 0 Å². The molecule has 7 nitrogen and oxygen atoms in total. The zero-order valence-corrected chi connectivity index (χ0v) is 21.0. The van der Waals surface area contributed by atoms with Crippen LogP contribution in [0.15, 0.2) is 36.5 Å². The Balaban J connectivity index is 1.49. The lowest BCUT2D eigenvalue weighted by atomic mass is 9.86. The van der Waals surface area contributed by atoms with E-state index in [2.05, 4.69) is 22.0 Å². The third-order valence-corrected chi connectivity index (χ3v) is 7.73. The molecule has 2 aliphatic heterocycles. The minimum absolute atomic E-state index is 0.0120. The molecule has 1 aromatic carbocycles. The van der Waals surface area contributed by atoms with Crippen LogP contribution < -0.4 is 4.74 Å². The van der Waals surface area contributed by atoms with Crippen LogP contribution in [0.2, 0.25) is 10.0 Å². The van der Waals surface area contributed by atoms with Crippen molar-refractivity contribution in [3.8, 4) is 18.0 Å². The first kappa shape index (κ1) is 25.3. The smallest absolute Gasteiger partial charge is 0.236 e. The molecule has 1 amide bonds. The number of piperidine rings is 1. The van der Waals surface area contributed by atoms with Crippen LogP contribution >= 0.6 is 23.2 Å². The highest BCUT2D eigenvalue weighted by molar-refractivity contribution is 6.42. The fourth-order valence-corrected chi connectivity index (χ4v) is 5.22. The second kappa shape index (κ2) is 11.3. The molecule has 2 fully saturated rings. The molecule has 2 aliphatic rings. The lowest BCUT2D eigenvalue weighted by molar-refractivity contribution is -0.131. The summed E-state index contributed by atoms with van der Waals surface area (Å²) >= 11 is 12.5. The molecule has 3 heterocycles. The van der Waals surface area contributed by atoms with Crippen molar-refractivity contribution in [2.45, 2.75) is 31.8 Å². The molecule has 0 unspecified atom stereocenters. The predicted octanol–water partition coefficient (Wildman–Crippen LogP) is 4.51. The number of aromatic nitrogens is 1. The summed E-state index contributed by atoms with van der Waals surface area (Å²) in [6, 6.07) is 13.4. The predicted molar refractivity (Wildman–Crippen MR) is 133 cm³/mol. The lowest BCUT2D eigenvalue weighted by Crippen LogP contribution is -2.43. The summed E-state index contributed by atoms with van der Waals surface area (Å²) in [6.07, 6.45) is 2.86. The normalized spacial score (nSPS) is 21.8. The second-order valence-corrected chi connectivity index (χ2v) is 10.1. The average molecular weight is 512 g/mol. The molecule has 0 radical (unpaired) electrons. The largest absolute Gasteiger partial charge is 0.474 e. The molecule has 2 saturated heterocycles. The van der Waals surface area contributed by atoms with Gasteiger partial charge in [-0.3, -0.25) is 9.69 Å². The molecule has 35 heavy (non-hydrogen) atoms. The average Bonchev–Trinajstić information content (AvgIpc) is 3.32. The highest BCUT2D eigenvalue weighted by Gasteiger charge is 2.40. The number of halogens is 2. The van der Waals surface area contributed by atoms with Crippen LogP contribution in [0.5, 0.6) is 5.88 Å². The monoisotopic (exact) mass is 511 g/mol. The van der Waals surface area contributed by atoms with Gasteiger partial charge in [-0.1, -0.05) is 29.3 Å². The van der Waals surface area contributed by atoms with E-state index in [1.54, 1.807) is 18.2 Å². The minimum atomic E-state index is -0.237. The van der Waals surface area contributed by atoms with Gasteiger partial charge in [0, 0.05) is 43.1 Å². The number of hydrogen-bond acceptors (Lipinski definition) is 6. The number of likely N-dealkylation sites (tertiary alicyclic amines) is 2. The van der Waals surface area contributed by atoms with Crippen LogP contribution in [-0.2, 0) is 4.79 Å². The molecular formula is C26H27Cl2N5O2. The van der Waals surface area contributed by atoms with Gasteiger partial charge in [0.05, 0.1) is 28.2 Å². The van der Waals surface area contributed by atoms with Crippen LogP contribution in [-0.4, -0.2) is 59.5 Å². The minimum Gasteiger partial charge on any atom is -0.474 e. The summed E-state index contributed by atoms with van der Waals surface area (Å²) < 4.78 is 6.15. The molecule has 2 aromatic rings. The fourth-order valence-electron chi connectivity index (χ4n) is 4.91. The molecule has 0 saturated carbocycles. The van der Waals surface area contributed by atoms with Gasteiger partial charge in [-0.2, -0.15) is 10.5 Å². The Morgan fingerprint density at radius 2 is 1.94 bits per heavy atom. The molecule has 1 aromatic heterocycles. The standard InChI is InChI=1S/C26H27Cl2N5O2/c1-17(35-25-5-2-19(12-30)13-31-25)21-14-33(15-22(21)20-3-4-23(27)24(28)10-20)26(34)16-32-8-6-18(11-29)7-9-32/h2-5,10,13,17-18,21-22H,6-9,14-16H2,1H3/t17-,21+,22+/m0/s1. The van der Waals surface area contributed by atoms with Gasteiger partial charge in [0.25, 0.3) is 0 Å². The van der Waals surface area contributed by atoms with Gasteiger partial charge >= 0.3 is 0 Å². The van der Waals surface area contributed by atoms with Gasteiger partial charge in [0.1, 0.15) is 12.2 Å². The van der Waals surface area contributed by atoms with Crippen LogP contribution in [0.1, 0.15) is 36.8 Å². The zero-order chi connectivity index (χ0) is 24.9. The van der Waals surface area contributed by atoms with Gasteiger partial charge in [-0.15, -0.1) is 0 Å². The van der Waals surface area contributed by atoms with E-state index in [9.17, 15) is 4.79 Å². The Morgan fingerprint density at radius 1 is 1.17 bits per heavy atom. The lowest BCUT2D eigenvalue weighted by Gasteiger charge is -2.30. The van der Waals surface area contributed by atoms with Crippen molar-refractivity contribution in [2.75, 3.05) is 32.7 Å². The quantitative estimate of drug-likeness (QED) is 0.566. The highest BCUT2D eigenvalue weighted by atomic mass is 35.5. The number of carbonyl (C=O) groups excluding carboxylic acids is 1. The SMILES string of the molecule is C[C@H](Oc1ccc(C#N)cn1)[C@H]1CN(C(=O)CN2CCC(C#N)CC2)C[C@@H]1c1ccc(Cl)c(Cl)c1. The summed E-state index contributed by atoms with van der Waals surface area (Å²) in [4.78, 5) is 21.5. The van der Waals surface area contributed by atoms with Crippen LogP contribution in [0.25, 0.3) is 0 Å². The second-order valence-electron chi connectivity index (χ2n) is 9.24. The van der Waals surface area contributed by atoms with E-state index in [0.717, 1.165) is 31.5 Å². The molecule has 0 aliphatic carbocycles. The van der Waals surface area contributed by atoms with Crippen molar-refractivity contribution in [3.63, 3.8) is 0 Å². The number of pyridine rings is 1. The Labute approximate surface area is 215 Å². The molecular weight excluding hydrogens is 485 g/mol. The number of rotatable bonds is 6. The van der Waals surface area contributed by atoms with Crippen molar-refractivity contribution in [1.82, 2.24) is 14.8 Å². The third-order valence-electron chi connectivity index (χ3n) is 6.99. The number of benzene rings is 1. The molecule has 4 rings (SSSR count). The van der Waals surface area contributed by atoms with Crippen molar-refractivity contribution in [3.05, 3.63) is 57.7 Å². The molecule has 0 bridgehead atoms. The Morgan fingerprint density at radius 3 is 2.57 bits per heavy atom. The van der Waals surface area contributed by atoms with E-state index >= 15 is 0 Å². The van der Waals surface area contributed by atoms with Crippen LogP contribution in [0.4, 0.5) is 0 Å². The molecule has 0 N–H and O–H groups in total. The van der Waals surface area contributed by atoms with E-state index < -0.39 is 0 Å². The summed E-state index contributed by atoms with van der Waals surface area (Å²) in [5, 5.41) is 19.1. The number of amides is 1. The van der Waals surface area contributed by atoms with Crippen molar-refractivity contribution in [1.29, 1.82) is 10.5 Å². The maximum Gasteiger partial charge on any atom is 0.236 e.